The van der Waals surface area contributed by atoms with Crippen molar-refractivity contribution in [3.8, 4) is 11.1 Å². The van der Waals surface area contributed by atoms with E-state index < -0.39 is 0 Å². The molecule has 6 atom stereocenters. The summed E-state index contributed by atoms with van der Waals surface area (Å²) in [5.41, 5.74) is 2.46. The molecular formula is C28H31FN2O4. The number of pyridine rings is 1. The number of alkyl carbamates (subject to hydrolysis) is 1. The highest BCUT2D eigenvalue weighted by atomic mass is 19.1. The van der Waals surface area contributed by atoms with Crippen molar-refractivity contribution in [2.45, 2.75) is 51.2 Å². The number of nitrogens with one attached hydrogen (secondary N) is 1. The van der Waals surface area contributed by atoms with Crippen LogP contribution in [-0.4, -0.2) is 35.8 Å². The number of amides is 1. The van der Waals surface area contributed by atoms with Gasteiger partial charge in [0.2, 0.25) is 0 Å². The molecule has 7 heteroatoms. The fraction of sp³-hybridized carbons (Fsp3) is 0.464. The highest BCUT2D eigenvalue weighted by molar-refractivity contribution is 5.72. The summed E-state index contributed by atoms with van der Waals surface area (Å²) in [5.74, 6) is 0.762. The van der Waals surface area contributed by atoms with Gasteiger partial charge in [-0.1, -0.05) is 24.3 Å². The molecule has 1 aromatic carbocycles. The lowest BCUT2D eigenvalue weighted by molar-refractivity contribution is -0.145. The Hall–Kier alpha value is -3.22. The van der Waals surface area contributed by atoms with E-state index in [1.165, 1.54) is 12.1 Å². The molecule has 1 aromatic heterocycles. The van der Waals surface area contributed by atoms with Crippen molar-refractivity contribution in [1.82, 2.24) is 10.3 Å². The molecule has 1 amide bonds. The van der Waals surface area contributed by atoms with Gasteiger partial charge in [0, 0.05) is 29.6 Å². The van der Waals surface area contributed by atoms with E-state index >= 15 is 0 Å². The number of hydrogen-bond donors (Lipinski definition) is 1. The normalized spacial score (nSPS) is 29.8. The second kappa shape index (κ2) is 10.2. The molecular weight excluding hydrogens is 447 g/mol. The molecule has 3 aliphatic rings. The molecule has 3 fully saturated rings. The molecule has 0 unspecified atom stereocenters. The van der Waals surface area contributed by atoms with Gasteiger partial charge >= 0.3 is 12.1 Å². The lowest BCUT2D eigenvalue weighted by atomic mass is 9.60. The minimum absolute atomic E-state index is 0.0962. The van der Waals surface area contributed by atoms with Gasteiger partial charge in [-0.3, -0.25) is 9.78 Å². The quantitative estimate of drug-likeness (QED) is 0.584. The number of carbonyl (C=O) groups excluding carboxylic acids is 2. The molecule has 2 saturated carbocycles. The highest BCUT2D eigenvalue weighted by Crippen LogP contribution is 2.50. The van der Waals surface area contributed by atoms with Crippen LogP contribution in [0.15, 0.2) is 48.7 Å². The number of fused-ring (bicyclic) bond motifs is 2. The fourth-order valence-electron chi connectivity index (χ4n) is 6.21. The van der Waals surface area contributed by atoms with Crippen LogP contribution in [0.5, 0.6) is 0 Å². The van der Waals surface area contributed by atoms with Crippen LogP contribution in [0.3, 0.4) is 0 Å². The van der Waals surface area contributed by atoms with E-state index in [0.29, 0.717) is 24.9 Å². The molecule has 35 heavy (non-hydrogen) atoms. The summed E-state index contributed by atoms with van der Waals surface area (Å²) >= 11 is 0. The maximum Gasteiger partial charge on any atom is 0.407 e. The van der Waals surface area contributed by atoms with Crippen LogP contribution in [0.25, 0.3) is 17.2 Å². The van der Waals surface area contributed by atoms with Crippen molar-refractivity contribution in [1.29, 1.82) is 0 Å². The van der Waals surface area contributed by atoms with E-state index in [2.05, 4.69) is 16.4 Å². The molecule has 2 heterocycles. The molecule has 5 rings (SSSR count). The van der Waals surface area contributed by atoms with E-state index in [1.54, 1.807) is 19.2 Å². The molecule has 2 aliphatic carbocycles. The molecule has 0 bridgehead atoms. The third-order valence-corrected chi connectivity index (χ3v) is 7.71. The van der Waals surface area contributed by atoms with Crippen LogP contribution in [0.4, 0.5) is 9.18 Å². The number of nitrogens with zero attached hydrogens (tertiary/aromatic N) is 1. The van der Waals surface area contributed by atoms with Gasteiger partial charge in [-0.2, -0.15) is 0 Å². The first-order chi connectivity index (χ1) is 17.0. The second-order valence-corrected chi connectivity index (χ2v) is 9.87. The Bertz CT molecular complexity index is 1100. The second-order valence-electron chi connectivity index (χ2n) is 9.87. The molecule has 0 spiro atoms. The van der Waals surface area contributed by atoms with Crippen molar-refractivity contribution in [3.63, 3.8) is 0 Å². The van der Waals surface area contributed by atoms with Gasteiger partial charge in [-0.05, 0) is 74.3 Å². The Kier molecular flexibility index (Phi) is 6.84. The van der Waals surface area contributed by atoms with E-state index in [1.807, 2.05) is 24.3 Å². The van der Waals surface area contributed by atoms with Crippen LogP contribution in [0.1, 0.15) is 44.7 Å². The first-order valence-corrected chi connectivity index (χ1v) is 12.5. The van der Waals surface area contributed by atoms with Gasteiger partial charge in [0.25, 0.3) is 0 Å². The third kappa shape index (κ3) is 5.24. The topological polar surface area (TPSA) is 77.5 Å². The Morgan fingerprint density at radius 1 is 1.20 bits per heavy atom. The summed E-state index contributed by atoms with van der Waals surface area (Å²) in [6.07, 6.45) is 9.63. The number of esters is 1. The standard InChI is InChI=1S/C28H31FN2O4/c1-2-34-28(33)31-23-9-10-24-19(14-23)12-20-15-26(32)35-27(20)25(24)11-8-22-7-6-18(16-30-22)17-4-3-5-21(29)13-17/h3-8,11,13,16,19-20,23-25,27H,2,9-10,12,14-15H2,1H3,(H,31,33)/b11-8+/t19-,20-,23+,24-,25+,27+/m1/s1. The van der Waals surface area contributed by atoms with Gasteiger partial charge in [0.15, 0.2) is 0 Å². The number of ether oxygens (including phenoxy) is 2. The molecule has 6 nitrogen and oxygen atoms in total. The smallest absolute Gasteiger partial charge is 0.407 e. The first-order valence-electron chi connectivity index (χ1n) is 12.5. The van der Waals surface area contributed by atoms with Crippen LogP contribution in [0.2, 0.25) is 0 Å². The number of hydrogen-bond acceptors (Lipinski definition) is 5. The van der Waals surface area contributed by atoms with Gasteiger partial charge in [0.1, 0.15) is 11.9 Å². The Labute approximate surface area is 204 Å². The SMILES string of the molecule is CCOC(=O)N[C@H]1CC[C@@H]2[C@@H](C1)C[C@@H]1CC(=O)O[C@@H]1[C@H]2/C=C/c1ccc(-c2cccc(F)c2)cn1. The molecule has 1 aliphatic heterocycles. The summed E-state index contributed by atoms with van der Waals surface area (Å²) in [6.45, 7) is 2.16. The highest BCUT2D eigenvalue weighted by Gasteiger charge is 2.51. The summed E-state index contributed by atoms with van der Waals surface area (Å²) in [7, 11) is 0. The largest absolute Gasteiger partial charge is 0.461 e. The lowest BCUT2D eigenvalue weighted by Gasteiger charge is -2.47. The van der Waals surface area contributed by atoms with Gasteiger partial charge in [-0.25, -0.2) is 9.18 Å². The molecule has 1 saturated heterocycles. The zero-order chi connectivity index (χ0) is 24.4. The fourth-order valence-corrected chi connectivity index (χ4v) is 6.21. The average Bonchev–Trinajstić information content (AvgIpc) is 3.22. The van der Waals surface area contributed by atoms with Gasteiger partial charge in [-0.15, -0.1) is 0 Å². The van der Waals surface area contributed by atoms with Crippen LogP contribution < -0.4 is 5.32 Å². The van der Waals surface area contributed by atoms with Gasteiger partial charge in [0.05, 0.1) is 18.7 Å². The predicted octanol–water partition coefficient (Wildman–Crippen LogP) is 5.38. The maximum atomic E-state index is 13.6. The third-order valence-electron chi connectivity index (χ3n) is 7.71. The first kappa shape index (κ1) is 23.5. The summed E-state index contributed by atoms with van der Waals surface area (Å²) in [4.78, 5) is 28.6. The Balaban J connectivity index is 1.31. The van der Waals surface area contributed by atoms with Crippen molar-refractivity contribution in [3.05, 3.63) is 60.2 Å². The number of carbonyl (C=O) groups is 2. The summed E-state index contributed by atoms with van der Waals surface area (Å²) in [6, 6.07) is 10.4. The molecule has 2 aromatic rings. The monoisotopic (exact) mass is 478 g/mol. The Morgan fingerprint density at radius 3 is 2.86 bits per heavy atom. The zero-order valence-electron chi connectivity index (χ0n) is 19.9. The minimum Gasteiger partial charge on any atom is -0.461 e. The average molecular weight is 479 g/mol. The maximum absolute atomic E-state index is 13.6. The number of benzene rings is 1. The van der Waals surface area contributed by atoms with E-state index in [0.717, 1.165) is 42.5 Å². The van der Waals surface area contributed by atoms with Crippen LogP contribution >= 0.6 is 0 Å². The molecule has 1 N–H and O–H groups in total. The van der Waals surface area contributed by atoms with Crippen molar-refractivity contribution in [2.24, 2.45) is 23.7 Å². The number of rotatable bonds is 5. The van der Waals surface area contributed by atoms with Crippen molar-refractivity contribution in [2.75, 3.05) is 6.61 Å². The van der Waals surface area contributed by atoms with E-state index in [4.69, 9.17) is 9.47 Å². The van der Waals surface area contributed by atoms with Crippen molar-refractivity contribution < 1.29 is 23.5 Å². The van der Waals surface area contributed by atoms with Crippen molar-refractivity contribution >= 4 is 18.1 Å². The van der Waals surface area contributed by atoms with Gasteiger partial charge < -0.3 is 14.8 Å². The lowest BCUT2D eigenvalue weighted by Crippen LogP contribution is -2.48. The Morgan fingerprint density at radius 2 is 2.09 bits per heavy atom. The van der Waals surface area contributed by atoms with E-state index in [9.17, 15) is 14.0 Å². The summed E-state index contributed by atoms with van der Waals surface area (Å²) in [5, 5.41) is 3.01. The van der Waals surface area contributed by atoms with E-state index in [-0.39, 0.29) is 41.9 Å². The number of aromatic nitrogens is 1. The van der Waals surface area contributed by atoms with Crippen LogP contribution in [0, 0.1) is 29.5 Å². The van der Waals surface area contributed by atoms with Crippen LogP contribution in [-0.2, 0) is 14.3 Å². The molecule has 184 valence electrons. The summed E-state index contributed by atoms with van der Waals surface area (Å²) < 4.78 is 24.4. The minimum atomic E-state index is -0.353. The number of halogens is 1. The molecule has 0 radical (unpaired) electrons. The zero-order valence-corrected chi connectivity index (χ0v) is 19.9. The predicted molar refractivity (Wildman–Crippen MR) is 130 cm³/mol.